The zero-order chi connectivity index (χ0) is 23.1. The van der Waals surface area contributed by atoms with Crippen molar-refractivity contribution in [2.24, 2.45) is 5.73 Å². The molecule has 0 bridgehead atoms. The predicted octanol–water partition coefficient (Wildman–Crippen LogP) is 4.85. The molecule has 1 heterocycles. The van der Waals surface area contributed by atoms with Gasteiger partial charge in [-0.1, -0.05) is 90.0 Å². The summed E-state index contributed by atoms with van der Waals surface area (Å²) in [6.45, 7) is 10.9. The van der Waals surface area contributed by atoms with Gasteiger partial charge in [-0.05, 0) is 18.1 Å². The van der Waals surface area contributed by atoms with Crippen molar-refractivity contribution in [3.05, 3.63) is 58.4 Å². The predicted molar refractivity (Wildman–Crippen MR) is 128 cm³/mol. The summed E-state index contributed by atoms with van der Waals surface area (Å²) in [5.74, 6) is -0.924. The molecule has 30 heavy (non-hydrogen) atoms. The number of nitrogens with one attached hydrogen (secondary N) is 1. The summed E-state index contributed by atoms with van der Waals surface area (Å²) in [5, 5.41) is 2.87. The molecular formula is C23H36N4O2S. The van der Waals surface area contributed by atoms with E-state index in [2.05, 4.69) is 19.2 Å². The van der Waals surface area contributed by atoms with E-state index in [1.54, 1.807) is 10.8 Å². The second kappa shape index (κ2) is 15.2. The Hall–Kier alpha value is -2.67. The van der Waals surface area contributed by atoms with Gasteiger partial charge in [0.15, 0.2) is 0 Å². The fourth-order valence-corrected chi connectivity index (χ4v) is 2.82. The summed E-state index contributed by atoms with van der Waals surface area (Å²) in [7, 11) is 0. The van der Waals surface area contributed by atoms with E-state index in [4.69, 9.17) is 23.7 Å². The maximum atomic E-state index is 12.7. The fraction of sp³-hybridized carbons (Fsp3) is 0.435. The number of nitrogens with two attached hydrogens (primary N) is 2. The number of pyridine rings is 1. The smallest absolute Gasteiger partial charge is 0.253 e. The van der Waals surface area contributed by atoms with E-state index >= 15 is 0 Å². The number of nitrogens with zero attached hydrogens (tertiary/aromatic N) is 1. The van der Waals surface area contributed by atoms with Gasteiger partial charge in [-0.15, -0.1) is 0 Å². The largest absolute Gasteiger partial charge is 0.398 e. The number of primary amides is 1. The molecule has 1 unspecified atom stereocenters. The molecule has 6 nitrogen and oxygen atoms in total. The Morgan fingerprint density at radius 3 is 2.07 bits per heavy atom. The van der Waals surface area contributed by atoms with Gasteiger partial charge in [-0.25, -0.2) is 0 Å². The van der Waals surface area contributed by atoms with Crippen LogP contribution in [0.5, 0.6) is 0 Å². The Bertz CT molecular complexity index is 833. The second-order valence-electron chi connectivity index (χ2n) is 6.33. The van der Waals surface area contributed by atoms with Gasteiger partial charge < -0.3 is 21.4 Å². The number of amides is 2. The lowest BCUT2D eigenvalue weighted by molar-refractivity contribution is -0.123. The Labute approximate surface area is 185 Å². The minimum absolute atomic E-state index is 0.0525. The Morgan fingerprint density at radius 1 is 1.03 bits per heavy atom. The van der Waals surface area contributed by atoms with Crippen molar-refractivity contribution in [1.82, 2.24) is 9.88 Å². The summed E-state index contributed by atoms with van der Waals surface area (Å²) >= 11 is 5.37. The number of hydrogen-bond donors (Lipinski definition) is 3. The monoisotopic (exact) mass is 432 g/mol. The number of nitrogen functional groups attached to an aromatic ring is 1. The van der Waals surface area contributed by atoms with Gasteiger partial charge in [0.25, 0.3) is 5.91 Å². The first-order chi connectivity index (χ1) is 14.4. The van der Waals surface area contributed by atoms with Crippen LogP contribution in [0.25, 0.3) is 0 Å². The molecule has 1 aromatic heterocycles. The molecule has 0 spiro atoms. The third-order valence-electron chi connectivity index (χ3n) is 4.09. The molecule has 2 aromatic rings. The summed E-state index contributed by atoms with van der Waals surface area (Å²) in [6, 6.07) is 10.0. The van der Waals surface area contributed by atoms with Crippen LogP contribution in [-0.4, -0.2) is 22.9 Å². The summed E-state index contributed by atoms with van der Waals surface area (Å²) in [5.41, 5.74) is 12.2. The Kier molecular flexibility index (Phi) is 13.9. The van der Waals surface area contributed by atoms with Crippen LogP contribution in [0.3, 0.4) is 0 Å². The van der Waals surface area contributed by atoms with Crippen molar-refractivity contribution in [3.63, 3.8) is 0 Å². The number of unbranched alkanes of at least 4 members (excludes halogenated alkanes) is 1. The minimum Gasteiger partial charge on any atom is -0.398 e. The van der Waals surface area contributed by atoms with Crippen LogP contribution < -0.4 is 16.8 Å². The highest BCUT2D eigenvalue weighted by Gasteiger charge is 2.24. The number of benzene rings is 1. The number of rotatable bonds is 7. The van der Waals surface area contributed by atoms with Crippen molar-refractivity contribution in [2.75, 3.05) is 12.3 Å². The highest BCUT2D eigenvalue weighted by molar-refractivity contribution is 7.71. The molecule has 1 aromatic carbocycles. The van der Waals surface area contributed by atoms with Crippen LogP contribution in [0, 0.1) is 4.64 Å². The molecule has 2 rings (SSSR count). The molecule has 0 saturated heterocycles. The molecule has 7 heteroatoms. The summed E-state index contributed by atoms with van der Waals surface area (Å²) in [6.07, 6.45) is 5.06. The molecule has 0 radical (unpaired) electrons. The highest BCUT2D eigenvalue weighted by atomic mass is 32.1. The van der Waals surface area contributed by atoms with Gasteiger partial charge in [0, 0.05) is 18.4 Å². The van der Waals surface area contributed by atoms with Crippen LogP contribution in [0.15, 0.2) is 42.6 Å². The third kappa shape index (κ3) is 7.99. The van der Waals surface area contributed by atoms with Crippen molar-refractivity contribution >= 4 is 29.7 Å². The lowest BCUT2D eigenvalue weighted by Crippen LogP contribution is -2.34. The van der Waals surface area contributed by atoms with Gasteiger partial charge >= 0.3 is 0 Å². The van der Waals surface area contributed by atoms with Gasteiger partial charge in [0.1, 0.15) is 10.7 Å². The number of carbonyl (C=O) groups excluding carboxylic acids is 2. The van der Waals surface area contributed by atoms with Gasteiger partial charge in [0.2, 0.25) is 5.91 Å². The average molecular weight is 433 g/mol. The third-order valence-corrected chi connectivity index (χ3v) is 4.50. The maximum absolute atomic E-state index is 12.7. The number of aromatic nitrogens is 1. The molecule has 5 N–H and O–H groups in total. The molecule has 0 aliphatic carbocycles. The highest BCUT2D eigenvalue weighted by Crippen LogP contribution is 2.23. The first kappa shape index (κ1) is 27.3. The topological polar surface area (TPSA) is 103 Å². The zero-order valence-corrected chi connectivity index (χ0v) is 19.6. The van der Waals surface area contributed by atoms with E-state index in [1.165, 1.54) is 18.9 Å². The van der Waals surface area contributed by atoms with Crippen molar-refractivity contribution in [1.29, 1.82) is 0 Å². The first-order valence-corrected chi connectivity index (χ1v) is 10.9. The molecule has 0 saturated carbocycles. The zero-order valence-electron chi connectivity index (χ0n) is 18.8. The molecular weight excluding hydrogens is 396 g/mol. The summed E-state index contributed by atoms with van der Waals surface area (Å²) in [4.78, 5) is 24.4. The van der Waals surface area contributed by atoms with Crippen LogP contribution in [0.4, 0.5) is 5.69 Å². The Balaban J connectivity index is 0.00000125. The average Bonchev–Trinajstić information content (AvgIpc) is 2.76. The van der Waals surface area contributed by atoms with E-state index < -0.39 is 11.9 Å². The lowest BCUT2D eigenvalue weighted by Gasteiger charge is -2.22. The van der Waals surface area contributed by atoms with E-state index in [-0.39, 0.29) is 21.8 Å². The van der Waals surface area contributed by atoms with Gasteiger partial charge in [-0.2, -0.15) is 0 Å². The lowest BCUT2D eigenvalue weighted by atomic mass is 10.0. The molecule has 1 atom stereocenters. The van der Waals surface area contributed by atoms with Crippen molar-refractivity contribution in [2.45, 2.75) is 59.9 Å². The second-order valence-corrected chi connectivity index (χ2v) is 6.71. The number of hydrogen-bond acceptors (Lipinski definition) is 4. The number of carbonyl (C=O) groups is 2. The molecule has 0 aliphatic rings. The van der Waals surface area contributed by atoms with E-state index in [0.29, 0.717) is 6.54 Å². The standard InChI is InChI=1S/C17H20N4O2S.C4H10.C2H6/c1-2-9-20-16(23)14(11-6-4-3-5-7-11)21-10-8-12(18)13(15(19)22)17(21)24;1-3-4-2;1-2/h3-8,10,14H,2,9,18H2,1H3,(H2,19,22)(H,20,23);3-4H2,1-2H3;1-2H3. The van der Waals surface area contributed by atoms with E-state index in [9.17, 15) is 9.59 Å². The SMILES string of the molecule is CC.CCCC.CCCNC(=O)C(c1ccccc1)n1ccc(N)c(C(N)=O)c1=S. The molecule has 166 valence electrons. The van der Waals surface area contributed by atoms with Crippen LogP contribution in [0.2, 0.25) is 0 Å². The quantitative estimate of drug-likeness (QED) is 0.544. The number of anilines is 1. The Morgan fingerprint density at radius 2 is 1.60 bits per heavy atom. The maximum Gasteiger partial charge on any atom is 0.253 e. The molecule has 2 amide bonds. The van der Waals surface area contributed by atoms with Crippen LogP contribution >= 0.6 is 12.2 Å². The van der Waals surface area contributed by atoms with Crippen molar-refractivity contribution in [3.8, 4) is 0 Å². The van der Waals surface area contributed by atoms with Crippen LogP contribution in [-0.2, 0) is 4.79 Å². The first-order valence-electron chi connectivity index (χ1n) is 10.5. The van der Waals surface area contributed by atoms with Gasteiger partial charge in [-0.3, -0.25) is 9.59 Å². The summed E-state index contributed by atoms with van der Waals surface area (Å²) < 4.78 is 1.69. The van der Waals surface area contributed by atoms with E-state index in [0.717, 1.165) is 12.0 Å². The molecule has 0 aliphatic heterocycles. The van der Waals surface area contributed by atoms with Crippen molar-refractivity contribution < 1.29 is 9.59 Å². The van der Waals surface area contributed by atoms with Crippen LogP contribution in [0.1, 0.15) is 75.8 Å². The van der Waals surface area contributed by atoms with Gasteiger partial charge in [0.05, 0.1) is 5.56 Å². The fourth-order valence-electron chi connectivity index (χ4n) is 2.43. The normalized spacial score (nSPS) is 10.6. The van der Waals surface area contributed by atoms with E-state index in [1.807, 2.05) is 51.1 Å². The minimum atomic E-state index is -0.715. The molecule has 0 fully saturated rings.